The van der Waals surface area contributed by atoms with Crippen LogP contribution in [0.25, 0.3) is 0 Å². The first kappa shape index (κ1) is 13.9. The van der Waals surface area contributed by atoms with E-state index in [2.05, 4.69) is 4.90 Å². The summed E-state index contributed by atoms with van der Waals surface area (Å²) in [5.74, 6) is 0. The van der Waals surface area contributed by atoms with E-state index in [1.54, 1.807) is 0 Å². The van der Waals surface area contributed by atoms with Crippen LogP contribution in [0.5, 0.6) is 0 Å². The molecule has 0 aliphatic carbocycles. The van der Waals surface area contributed by atoms with E-state index in [1.807, 2.05) is 45.2 Å². The minimum absolute atomic E-state index is 0.413. The molecule has 0 saturated heterocycles. The number of rotatable bonds is 5. The third kappa shape index (κ3) is 4.71. The van der Waals surface area contributed by atoms with Gasteiger partial charge in [-0.1, -0.05) is 12.2 Å². The molecule has 0 atom stereocenters. The molecule has 3 nitrogen and oxygen atoms in total. The summed E-state index contributed by atoms with van der Waals surface area (Å²) < 4.78 is 0. The maximum atomic E-state index is 9.67. The molecule has 4 heteroatoms. The van der Waals surface area contributed by atoms with Gasteiger partial charge in [-0.25, -0.2) is 0 Å². The summed E-state index contributed by atoms with van der Waals surface area (Å²) in [5.41, 5.74) is 6.88. The summed E-state index contributed by atoms with van der Waals surface area (Å²) in [4.78, 5) is 2.51. The maximum Gasteiger partial charge on any atom is 0.103 e. The van der Waals surface area contributed by atoms with Crippen molar-refractivity contribution in [2.75, 3.05) is 18.5 Å². The molecule has 94 valence electrons. The molecule has 3 N–H and O–H groups in total. The van der Waals surface area contributed by atoms with Gasteiger partial charge in [-0.3, -0.25) is 0 Å². The fourth-order valence-electron chi connectivity index (χ4n) is 1.45. The van der Waals surface area contributed by atoms with Crippen molar-refractivity contribution >= 4 is 22.9 Å². The summed E-state index contributed by atoms with van der Waals surface area (Å²) in [7, 11) is 2.00. The highest BCUT2D eigenvalue weighted by atomic mass is 32.1. The molecule has 0 aliphatic rings. The van der Waals surface area contributed by atoms with Crippen LogP contribution in [0.3, 0.4) is 0 Å². The van der Waals surface area contributed by atoms with E-state index in [-0.39, 0.29) is 0 Å². The fraction of sp³-hybridized carbons (Fsp3) is 0.462. The fourth-order valence-corrected chi connectivity index (χ4v) is 1.59. The van der Waals surface area contributed by atoms with E-state index in [1.165, 1.54) is 0 Å². The Morgan fingerprint density at radius 3 is 2.29 bits per heavy atom. The van der Waals surface area contributed by atoms with Crippen LogP contribution in [-0.2, 0) is 0 Å². The van der Waals surface area contributed by atoms with Crippen molar-refractivity contribution in [3.05, 3.63) is 29.8 Å². The summed E-state index contributed by atoms with van der Waals surface area (Å²) in [6.07, 6.45) is 0.723. The molecule has 1 rings (SSSR count). The quantitative estimate of drug-likeness (QED) is 0.786. The molecule has 1 aromatic rings. The van der Waals surface area contributed by atoms with Crippen molar-refractivity contribution in [2.24, 2.45) is 5.73 Å². The molecular formula is C13H20N2OS. The van der Waals surface area contributed by atoms with E-state index < -0.39 is 5.60 Å². The zero-order chi connectivity index (χ0) is 13.1. The lowest BCUT2D eigenvalue weighted by atomic mass is 10.1. The third-order valence-electron chi connectivity index (χ3n) is 2.65. The predicted molar refractivity (Wildman–Crippen MR) is 76.5 cm³/mol. The Hall–Kier alpha value is -1.13. The number of anilines is 1. The van der Waals surface area contributed by atoms with Crippen LogP contribution in [-0.4, -0.2) is 29.3 Å². The Kier molecular flexibility index (Phi) is 4.48. The van der Waals surface area contributed by atoms with E-state index in [4.69, 9.17) is 18.0 Å². The number of hydrogen-bond donors (Lipinski definition) is 2. The van der Waals surface area contributed by atoms with Gasteiger partial charge in [-0.05, 0) is 44.5 Å². The molecule has 1 aromatic carbocycles. The average Bonchev–Trinajstić information content (AvgIpc) is 2.25. The SMILES string of the molecule is CN(CCC(C)(C)O)c1ccc(C(N)=S)cc1. The highest BCUT2D eigenvalue weighted by molar-refractivity contribution is 7.80. The lowest BCUT2D eigenvalue weighted by molar-refractivity contribution is 0.0734. The lowest BCUT2D eigenvalue weighted by Gasteiger charge is -2.24. The molecule has 0 amide bonds. The van der Waals surface area contributed by atoms with Crippen molar-refractivity contribution in [3.63, 3.8) is 0 Å². The van der Waals surface area contributed by atoms with Gasteiger partial charge in [0.2, 0.25) is 0 Å². The van der Waals surface area contributed by atoms with Gasteiger partial charge in [-0.2, -0.15) is 0 Å². The Labute approximate surface area is 108 Å². The Morgan fingerprint density at radius 2 is 1.88 bits per heavy atom. The second kappa shape index (κ2) is 5.47. The van der Waals surface area contributed by atoms with E-state index in [0.29, 0.717) is 4.99 Å². The zero-order valence-corrected chi connectivity index (χ0v) is 11.4. The number of thiocarbonyl (C=S) groups is 1. The second-order valence-corrected chi connectivity index (χ2v) is 5.33. The summed E-state index contributed by atoms with van der Waals surface area (Å²) in [6.45, 7) is 4.43. The third-order valence-corrected chi connectivity index (χ3v) is 2.89. The Balaban J connectivity index is 2.63. The van der Waals surface area contributed by atoms with Crippen molar-refractivity contribution in [1.29, 1.82) is 0 Å². The van der Waals surface area contributed by atoms with Crippen LogP contribution in [0.4, 0.5) is 5.69 Å². The van der Waals surface area contributed by atoms with E-state index in [0.717, 1.165) is 24.2 Å². The molecule has 0 bridgehead atoms. The molecule has 0 spiro atoms. The van der Waals surface area contributed by atoms with Gasteiger partial charge in [0.1, 0.15) is 4.99 Å². The van der Waals surface area contributed by atoms with Gasteiger partial charge in [0.15, 0.2) is 0 Å². The van der Waals surface area contributed by atoms with Gasteiger partial charge in [-0.15, -0.1) is 0 Å². The van der Waals surface area contributed by atoms with Crippen LogP contribution in [0.1, 0.15) is 25.8 Å². The number of nitrogens with zero attached hydrogens (tertiary/aromatic N) is 1. The van der Waals surface area contributed by atoms with Gasteiger partial charge < -0.3 is 15.7 Å². The second-order valence-electron chi connectivity index (χ2n) is 4.90. The minimum Gasteiger partial charge on any atom is -0.390 e. The number of benzene rings is 1. The zero-order valence-electron chi connectivity index (χ0n) is 10.6. The molecule has 0 heterocycles. The molecule has 0 radical (unpaired) electrons. The maximum absolute atomic E-state index is 9.67. The molecule has 0 fully saturated rings. The molecule has 17 heavy (non-hydrogen) atoms. The van der Waals surface area contributed by atoms with Gasteiger partial charge >= 0.3 is 0 Å². The molecule has 0 aromatic heterocycles. The van der Waals surface area contributed by atoms with Crippen LogP contribution in [0, 0.1) is 0 Å². The number of nitrogens with two attached hydrogens (primary N) is 1. The number of aliphatic hydroxyl groups is 1. The molecule has 0 unspecified atom stereocenters. The van der Waals surface area contributed by atoms with E-state index in [9.17, 15) is 5.11 Å². The average molecular weight is 252 g/mol. The normalized spacial score (nSPS) is 11.3. The largest absolute Gasteiger partial charge is 0.390 e. The molecule has 0 saturated carbocycles. The Bertz CT molecular complexity index is 381. The van der Waals surface area contributed by atoms with Crippen molar-refractivity contribution in [2.45, 2.75) is 25.9 Å². The van der Waals surface area contributed by atoms with Crippen LogP contribution in [0.2, 0.25) is 0 Å². The minimum atomic E-state index is -0.632. The van der Waals surface area contributed by atoms with Crippen LogP contribution >= 0.6 is 12.2 Å². The standard InChI is InChI=1S/C13H20N2OS/c1-13(2,16)8-9-15(3)11-6-4-10(5-7-11)12(14)17/h4-7,16H,8-9H2,1-3H3,(H2,14,17). The first-order chi connectivity index (χ1) is 7.79. The predicted octanol–water partition coefficient (Wildman–Crippen LogP) is 1.92. The van der Waals surface area contributed by atoms with Crippen LogP contribution < -0.4 is 10.6 Å². The van der Waals surface area contributed by atoms with Gasteiger partial charge in [0, 0.05) is 24.8 Å². The highest BCUT2D eigenvalue weighted by Gasteiger charge is 2.13. The summed E-state index contributed by atoms with van der Waals surface area (Å²) in [6, 6.07) is 7.80. The first-order valence-electron chi connectivity index (χ1n) is 5.63. The highest BCUT2D eigenvalue weighted by Crippen LogP contribution is 2.16. The smallest absolute Gasteiger partial charge is 0.103 e. The van der Waals surface area contributed by atoms with Gasteiger partial charge in [0.25, 0.3) is 0 Å². The van der Waals surface area contributed by atoms with E-state index >= 15 is 0 Å². The Morgan fingerprint density at radius 1 is 1.35 bits per heavy atom. The lowest BCUT2D eigenvalue weighted by Crippen LogP contribution is -2.28. The van der Waals surface area contributed by atoms with Crippen molar-refractivity contribution in [3.8, 4) is 0 Å². The molecule has 0 aliphatic heterocycles. The summed E-state index contributed by atoms with van der Waals surface area (Å²) >= 11 is 4.90. The summed E-state index contributed by atoms with van der Waals surface area (Å²) in [5, 5.41) is 9.67. The van der Waals surface area contributed by atoms with Crippen molar-refractivity contribution in [1.82, 2.24) is 0 Å². The topological polar surface area (TPSA) is 49.5 Å². The first-order valence-corrected chi connectivity index (χ1v) is 6.04. The van der Waals surface area contributed by atoms with Crippen LogP contribution in [0.15, 0.2) is 24.3 Å². The molecular weight excluding hydrogens is 232 g/mol. The monoisotopic (exact) mass is 252 g/mol. The van der Waals surface area contributed by atoms with Crippen molar-refractivity contribution < 1.29 is 5.11 Å². The van der Waals surface area contributed by atoms with Gasteiger partial charge in [0.05, 0.1) is 5.60 Å². The number of hydrogen-bond acceptors (Lipinski definition) is 3.